The lowest BCUT2D eigenvalue weighted by Crippen LogP contribution is -2.32. The molecule has 0 saturated carbocycles. The molecule has 0 amide bonds. The van der Waals surface area contributed by atoms with Gasteiger partial charge in [0.2, 0.25) is 0 Å². The Hall–Kier alpha value is -8.98. The fourth-order valence-electron chi connectivity index (χ4n) is 12.4. The normalized spacial score (nSPS) is 13.8. The van der Waals surface area contributed by atoms with Gasteiger partial charge in [-0.1, -0.05) is 224 Å². The molecule has 0 fully saturated rings. The Kier molecular flexibility index (Phi) is 9.06. The maximum Gasteiger partial charge on any atom is 0.132 e. The van der Waals surface area contributed by atoms with E-state index in [1.54, 1.807) is 0 Å². The summed E-state index contributed by atoms with van der Waals surface area (Å²) in [5.41, 5.74) is 21.5. The monoisotopic (exact) mass is 891 g/mol. The van der Waals surface area contributed by atoms with Gasteiger partial charge in [-0.15, -0.1) is 0 Å². The first kappa shape index (κ1) is 40.1. The molecule has 0 aromatic heterocycles. The molecule has 1 aliphatic heterocycles. The minimum Gasteiger partial charge on any atom is -0.457 e. The second kappa shape index (κ2) is 15.8. The number of fused-ring (bicyclic) bond motifs is 12. The van der Waals surface area contributed by atoms with Gasteiger partial charge in [0.1, 0.15) is 11.5 Å². The summed E-state index contributed by atoms with van der Waals surface area (Å²) >= 11 is 0. The number of hydrogen-bond donors (Lipinski definition) is 0. The standard InChI is InChI=1S/C68H45NO/c1-5-21-46(22-6-1)48-37-40-55-57-42-39-51(44-62(57)67(61(55)43-48,49-25-9-3-10-26-49)50-27-11-4-12-28-50)69(64-34-18-14-29-53(64)47-23-7-2-8-24-47)52-38-41-56-54-30-13-15-31-58(54)68(63(56)45-52)59-32-16-19-35-65(59)70-66-36-20-17-33-60(66)68/h1-45H. The highest BCUT2D eigenvalue weighted by atomic mass is 16.5. The van der Waals surface area contributed by atoms with E-state index < -0.39 is 10.8 Å². The van der Waals surface area contributed by atoms with Crippen LogP contribution in [0.1, 0.15) is 44.5 Å². The summed E-state index contributed by atoms with van der Waals surface area (Å²) in [5.74, 6) is 1.76. The fourth-order valence-corrected chi connectivity index (χ4v) is 12.4. The Morgan fingerprint density at radius 1 is 0.257 bits per heavy atom. The topological polar surface area (TPSA) is 12.5 Å². The van der Waals surface area contributed by atoms with E-state index >= 15 is 0 Å². The largest absolute Gasteiger partial charge is 0.457 e. The van der Waals surface area contributed by atoms with Crippen LogP contribution in [-0.4, -0.2) is 0 Å². The number of rotatable bonds is 7. The summed E-state index contributed by atoms with van der Waals surface area (Å²) in [6.07, 6.45) is 0. The summed E-state index contributed by atoms with van der Waals surface area (Å²) in [6.45, 7) is 0. The minimum absolute atomic E-state index is 0.621. The number of para-hydroxylation sites is 3. The average molecular weight is 892 g/mol. The average Bonchev–Trinajstić information content (AvgIpc) is 3.89. The Morgan fingerprint density at radius 3 is 1.26 bits per heavy atom. The van der Waals surface area contributed by atoms with Crippen LogP contribution < -0.4 is 9.64 Å². The lowest BCUT2D eigenvalue weighted by Gasteiger charge is -2.39. The van der Waals surface area contributed by atoms with Gasteiger partial charge in [0.25, 0.3) is 0 Å². The zero-order chi connectivity index (χ0) is 46.2. The Balaban J connectivity index is 1.06. The molecule has 11 aromatic rings. The van der Waals surface area contributed by atoms with Crippen molar-refractivity contribution in [3.63, 3.8) is 0 Å². The van der Waals surface area contributed by atoms with Gasteiger partial charge in [0, 0.05) is 28.1 Å². The summed E-state index contributed by atoms with van der Waals surface area (Å²) < 4.78 is 6.76. The Bertz CT molecular complexity index is 3720. The quantitative estimate of drug-likeness (QED) is 0.158. The van der Waals surface area contributed by atoms with Gasteiger partial charge in [0.05, 0.1) is 16.5 Å². The first-order valence-corrected chi connectivity index (χ1v) is 24.2. The maximum absolute atomic E-state index is 6.76. The van der Waals surface area contributed by atoms with Crippen LogP contribution in [0, 0.1) is 0 Å². The number of ether oxygens (including phenoxy) is 1. The van der Waals surface area contributed by atoms with E-state index in [2.05, 4.69) is 278 Å². The van der Waals surface area contributed by atoms with Crippen LogP contribution in [-0.2, 0) is 10.8 Å². The van der Waals surface area contributed by atoms with Crippen molar-refractivity contribution in [2.24, 2.45) is 0 Å². The first-order chi connectivity index (χ1) is 34.7. The van der Waals surface area contributed by atoms with Gasteiger partial charge in [-0.25, -0.2) is 0 Å². The highest BCUT2D eigenvalue weighted by Gasteiger charge is 2.52. The van der Waals surface area contributed by atoms with Crippen LogP contribution in [0.2, 0.25) is 0 Å². The molecule has 0 unspecified atom stereocenters. The summed E-state index contributed by atoms with van der Waals surface area (Å²) in [4.78, 5) is 2.51. The van der Waals surface area contributed by atoms with Crippen LogP contribution in [0.3, 0.4) is 0 Å². The molecule has 2 nitrogen and oxygen atoms in total. The molecule has 14 rings (SSSR count). The van der Waals surface area contributed by atoms with Crippen molar-refractivity contribution in [3.05, 3.63) is 317 Å². The maximum atomic E-state index is 6.76. The highest BCUT2D eigenvalue weighted by molar-refractivity contribution is 5.96. The van der Waals surface area contributed by atoms with E-state index in [1.165, 1.54) is 66.8 Å². The molecule has 3 aliphatic rings. The first-order valence-electron chi connectivity index (χ1n) is 24.2. The molecule has 0 saturated heterocycles. The number of anilines is 3. The van der Waals surface area contributed by atoms with Gasteiger partial charge in [-0.05, 0) is 121 Å². The Labute approximate surface area is 409 Å². The molecular formula is C68H45NO. The zero-order valence-electron chi connectivity index (χ0n) is 38.3. The molecule has 70 heavy (non-hydrogen) atoms. The van der Waals surface area contributed by atoms with Crippen molar-refractivity contribution in [1.29, 1.82) is 0 Å². The third kappa shape index (κ3) is 5.74. The van der Waals surface area contributed by atoms with Crippen LogP contribution in [0.15, 0.2) is 273 Å². The van der Waals surface area contributed by atoms with E-state index in [4.69, 9.17) is 4.74 Å². The van der Waals surface area contributed by atoms with E-state index in [-0.39, 0.29) is 0 Å². The second-order valence-electron chi connectivity index (χ2n) is 18.7. The third-order valence-corrected chi connectivity index (χ3v) is 15.2. The molecule has 328 valence electrons. The second-order valence-corrected chi connectivity index (χ2v) is 18.7. The van der Waals surface area contributed by atoms with Crippen molar-refractivity contribution in [1.82, 2.24) is 0 Å². The van der Waals surface area contributed by atoms with E-state index in [0.717, 1.165) is 50.8 Å². The van der Waals surface area contributed by atoms with Gasteiger partial charge in [-0.3, -0.25) is 0 Å². The van der Waals surface area contributed by atoms with E-state index in [0.29, 0.717) is 0 Å². The summed E-state index contributed by atoms with van der Waals surface area (Å²) in [7, 11) is 0. The predicted octanol–water partition coefficient (Wildman–Crippen LogP) is 17.3. The van der Waals surface area contributed by atoms with E-state index in [1.807, 2.05) is 0 Å². The lowest BCUT2D eigenvalue weighted by molar-refractivity contribution is 0.436. The van der Waals surface area contributed by atoms with Crippen molar-refractivity contribution in [2.45, 2.75) is 10.8 Å². The molecule has 1 heterocycles. The van der Waals surface area contributed by atoms with E-state index in [9.17, 15) is 0 Å². The third-order valence-electron chi connectivity index (χ3n) is 15.2. The fraction of sp³-hybridized carbons (Fsp3) is 0.0294. The summed E-state index contributed by atoms with van der Waals surface area (Å²) in [5, 5.41) is 0. The molecule has 0 bridgehead atoms. The zero-order valence-corrected chi connectivity index (χ0v) is 38.3. The molecule has 2 aliphatic carbocycles. The predicted molar refractivity (Wildman–Crippen MR) is 287 cm³/mol. The van der Waals surface area contributed by atoms with Crippen LogP contribution in [0.4, 0.5) is 17.1 Å². The van der Waals surface area contributed by atoms with Gasteiger partial charge in [-0.2, -0.15) is 0 Å². The summed E-state index contributed by atoms with van der Waals surface area (Å²) in [6, 6.07) is 101. The number of nitrogens with zero attached hydrogens (tertiary/aromatic N) is 1. The van der Waals surface area contributed by atoms with Crippen LogP contribution in [0.25, 0.3) is 44.5 Å². The van der Waals surface area contributed by atoms with Gasteiger partial charge >= 0.3 is 0 Å². The van der Waals surface area contributed by atoms with Crippen molar-refractivity contribution in [2.75, 3.05) is 4.90 Å². The van der Waals surface area contributed by atoms with Crippen LogP contribution >= 0.6 is 0 Å². The number of benzene rings is 11. The molecule has 2 heteroatoms. The van der Waals surface area contributed by atoms with Gasteiger partial charge < -0.3 is 9.64 Å². The Morgan fingerprint density at radius 2 is 0.671 bits per heavy atom. The molecule has 11 aromatic carbocycles. The van der Waals surface area contributed by atoms with Crippen LogP contribution in [0.5, 0.6) is 11.5 Å². The molecule has 1 spiro atoms. The van der Waals surface area contributed by atoms with Crippen molar-refractivity contribution in [3.8, 4) is 56.0 Å². The minimum atomic E-state index is -0.627. The molecular weight excluding hydrogens is 847 g/mol. The van der Waals surface area contributed by atoms with Crippen molar-refractivity contribution < 1.29 is 4.74 Å². The molecule has 0 atom stereocenters. The van der Waals surface area contributed by atoms with Gasteiger partial charge in [0.15, 0.2) is 0 Å². The lowest BCUT2D eigenvalue weighted by atomic mass is 9.66. The number of hydrogen-bond acceptors (Lipinski definition) is 2. The highest BCUT2D eigenvalue weighted by Crippen LogP contribution is 2.63. The molecule has 0 N–H and O–H groups in total. The van der Waals surface area contributed by atoms with Crippen molar-refractivity contribution >= 4 is 17.1 Å². The SMILES string of the molecule is c1ccc(-c2ccc3c(c2)C(c2ccccc2)(c2ccccc2)c2cc(N(c4ccc5c(c4)C4(c6ccccc6Oc6ccccc64)c4ccccc4-5)c4ccccc4-c4ccccc4)ccc2-3)cc1. The molecule has 0 radical (unpaired) electrons. The smallest absolute Gasteiger partial charge is 0.132 e.